The standard InChI is InChI=1S/C17H21NO4S/c1-12(2)13-8-10-14(11-9-13)23(19,20)18-15-6-5-7-16(21-3)17(15)22-4/h5-12,18H,1-4H3. The summed E-state index contributed by atoms with van der Waals surface area (Å²) in [5.41, 5.74) is 1.42. The van der Waals surface area contributed by atoms with Crippen LogP contribution in [0.2, 0.25) is 0 Å². The fourth-order valence-corrected chi connectivity index (χ4v) is 3.27. The van der Waals surface area contributed by atoms with Crippen molar-refractivity contribution in [3.05, 3.63) is 48.0 Å². The molecule has 0 aliphatic heterocycles. The van der Waals surface area contributed by atoms with Crippen LogP contribution in [0.3, 0.4) is 0 Å². The van der Waals surface area contributed by atoms with Crippen molar-refractivity contribution in [2.75, 3.05) is 18.9 Å². The first-order valence-electron chi connectivity index (χ1n) is 7.23. The number of hydrogen-bond donors (Lipinski definition) is 1. The third kappa shape index (κ3) is 3.76. The van der Waals surface area contributed by atoms with E-state index in [-0.39, 0.29) is 4.90 Å². The fourth-order valence-electron chi connectivity index (χ4n) is 2.20. The van der Waals surface area contributed by atoms with Crippen LogP contribution in [0.25, 0.3) is 0 Å². The number of hydrogen-bond acceptors (Lipinski definition) is 4. The van der Waals surface area contributed by atoms with Gasteiger partial charge in [-0.15, -0.1) is 0 Å². The molecule has 6 heteroatoms. The molecule has 0 fully saturated rings. The fraction of sp³-hybridized carbons (Fsp3) is 0.294. The molecule has 0 spiro atoms. The van der Waals surface area contributed by atoms with Gasteiger partial charge in [0, 0.05) is 0 Å². The molecule has 1 N–H and O–H groups in total. The third-order valence-electron chi connectivity index (χ3n) is 3.50. The lowest BCUT2D eigenvalue weighted by Crippen LogP contribution is -2.14. The molecule has 0 saturated heterocycles. The Kier molecular flexibility index (Phi) is 5.15. The zero-order valence-corrected chi connectivity index (χ0v) is 14.5. The average Bonchev–Trinajstić information content (AvgIpc) is 2.54. The van der Waals surface area contributed by atoms with Gasteiger partial charge in [-0.05, 0) is 35.7 Å². The Labute approximate surface area is 137 Å². The number of sulfonamides is 1. The van der Waals surface area contributed by atoms with Crippen molar-refractivity contribution < 1.29 is 17.9 Å². The molecule has 0 aliphatic rings. The van der Waals surface area contributed by atoms with Crippen LogP contribution in [-0.4, -0.2) is 22.6 Å². The van der Waals surface area contributed by atoms with Crippen LogP contribution < -0.4 is 14.2 Å². The minimum atomic E-state index is -3.70. The second-order valence-corrected chi connectivity index (χ2v) is 7.05. The van der Waals surface area contributed by atoms with E-state index in [0.717, 1.165) is 5.56 Å². The van der Waals surface area contributed by atoms with E-state index in [9.17, 15) is 8.42 Å². The predicted molar refractivity (Wildman–Crippen MR) is 90.9 cm³/mol. The maximum Gasteiger partial charge on any atom is 0.262 e. The molecule has 0 aliphatic carbocycles. The van der Waals surface area contributed by atoms with E-state index in [2.05, 4.69) is 18.6 Å². The van der Waals surface area contributed by atoms with Crippen molar-refractivity contribution in [1.82, 2.24) is 0 Å². The highest BCUT2D eigenvalue weighted by Gasteiger charge is 2.18. The van der Waals surface area contributed by atoms with Gasteiger partial charge in [-0.2, -0.15) is 0 Å². The van der Waals surface area contributed by atoms with Crippen molar-refractivity contribution in [2.45, 2.75) is 24.7 Å². The number of ether oxygens (including phenoxy) is 2. The molecule has 0 bridgehead atoms. The number of nitrogens with one attached hydrogen (secondary N) is 1. The van der Waals surface area contributed by atoms with Crippen molar-refractivity contribution in [2.24, 2.45) is 0 Å². The molecule has 0 atom stereocenters. The van der Waals surface area contributed by atoms with Gasteiger partial charge in [-0.25, -0.2) is 8.42 Å². The number of methoxy groups -OCH3 is 2. The first-order chi connectivity index (χ1) is 10.9. The van der Waals surface area contributed by atoms with E-state index in [1.807, 2.05) is 12.1 Å². The van der Waals surface area contributed by atoms with Crippen LogP contribution in [0, 0.1) is 0 Å². The summed E-state index contributed by atoms with van der Waals surface area (Å²) in [6.45, 7) is 4.12. The maximum absolute atomic E-state index is 12.5. The zero-order chi connectivity index (χ0) is 17.0. The second kappa shape index (κ2) is 6.91. The summed E-state index contributed by atoms with van der Waals surface area (Å²) in [6, 6.07) is 11.9. The normalized spacial score (nSPS) is 11.3. The Hall–Kier alpha value is -2.21. The van der Waals surface area contributed by atoms with Crippen LogP contribution in [0.1, 0.15) is 25.3 Å². The summed E-state index contributed by atoms with van der Waals surface area (Å²) in [6.07, 6.45) is 0. The number of rotatable bonds is 6. The van der Waals surface area contributed by atoms with Gasteiger partial charge in [0.2, 0.25) is 0 Å². The summed E-state index contributed by atoms with van der Waals surface area (Å²) >= 11 is 0. The molecule has 0 saturated carbocycles. The van der Waals surface area contributed by atoms with E-state index in [4.69, 9.17) is 9.47 Å². The molecule has 2 rings (SSSR count). The van der Waals surface area contributed by atoms with Gasteiger partial charge in [-0.3, -0.25) is 4.72 Å². The zero-order valence-electron chi connectivity index (χ0n) is 13.7. The number of anilines is 1. The predicted octanol–water partition coefficient (Wildman–Crippen LogP) is 3.63. The lowest BCUT2D eigenvalue weighted by molar-refractivity contribution is 0.356. The second-order valence-electron chi connectivity index (χ2n) is 5.37. The molecule has 5 nitrogen and oxygen atoms in total. The summed E-state index contributed by atoms with van der Waals surface area (Å²) in [4.78, 5) is 0.201. The molecule has 124 valence electrons. The first kappa shape index (κ1) is 17.1. The van der Waals surface area contributed by atoms with E-state index in [1.54, 1.807) is 30.3 Å². The molecule has 0 aromatic heterocycles. The van der Waals surface area contributed by atoms with Gasteiger partial charge in [0.05, 0.1) is 24.8 Å². The molecular formula is C17H21NO4S. The van der Waals surface area contributed by atoms with Crippen LogP contribution in [0.4, 0.5) is 5.69 Å². The van der Waals surface area contributed by atoms with Crippen LogP contribution in [0.15, 0.2) is 47.4 Å². The van der Waals surface area contributed by atoms with Crippen LogP contribution in [-0.2, 0) is 10.0 Å². The summed E-state index contributed by atoms with van der Waals surface area (Å²) in [7, 11) is -0.733. The number of benzene rings is 2. The Balaban J connectivity index is 2.35. The highest BCUT2D eigenvalue weighted by molar-refractivity contribution is 7.92. The summed E-state index contributed by atoms with van der Waals surface area (Å²) < 4.78 is 38.1. The minimum absolute atomic E-state index is 0.201. The summed E-state index contributed by atoms with van der Waals surface area (Å²) in [5.74, 6) is 1.15. The third-order valence-corrected chi connectivity index (χ3v) is 4.89. The Morgan fingerprint density at radius 3 is 2.13 bits per heavy atom. The molecule has 0 heterocycles. The van der Waals surface area contributed by atoms with Crippen LogP contribution in [0.5, 0.6) is 11.5 Å². The minimum Gasteiger partial charge on any atom is -0.493 e. The molecule has 2 aromatic rings. The van der Waals surface area contributed by atoms with Crippen molar-refractivity contribution >= 4 is 15.7 Å². The van der Waals surface area contributed by atoms with Gasteiger partial charge in [0.25, 0.3) is 10.0 Å². The van der Waals surface area contributed by atoms with Gasteiger partial charge in [0.15, 0.2) is 11.5 Å². The Bertz CT molecular complexity index is 768. The maximum atomic E-state index is 12.5. The molecule has 0 amide bonds. The van der Waals surface area contributed by atoms with Gasteiger partial charge in [-0.1, -0.05) is 32.0 Å². The van der Waals surface area contributed by atoms with Crippen molar-refractivity contribution in [3.8, 4) is 11.5 Å². The van der Waals surface area contributed by atoms with Gasteiger partial charge in [0.1, 0.15) is 0 Å². The monoisotopic (exact) mass is 335 g/mol. The highest BCUT2D eigenvalue weighted by atomic mass is 32.2. The quantitative estimate of drug-likeness (QED) is 0.875. The molecule has 0 radical (unpaired) electrons. The van der Waals surface area contributed by atoms with E-state index >= 15 is 0 Å². The lowest BCUT2D eigenvalue weighted by atomic mass is 10.0. The van der Waals surface area contributed by atoms with Crippen molar-refractivity contribution in [3.63, 3.8) is 0 Å². The highest BCUT2D eigenvalue weighted by Crippen LogP contribution is 2.35. The van der Waals surface area contributed by atoms with Crippen LogP contribution >= 0.6 is 0 Å². The molecule has 23 heavy (non-hydrogen) atoms. The largest absolute Gasteiger partial charge is 0.493 e. The number of para-hydroxylation sites is 1. The topological polar surface area (TPSA) is 64.6 Å². The average molecular weight is 335 g/mol. The van der Waals surface area contributed by atoms with E-state index in [0.29, 0.717) is 23.1 Å². The lowest BCUT2D eigenvalue weighted by Gasteiger charge is -2.14. The SMILES string of the molecule is COc1cccc(NS(=O)(=O)c2ccc(C(C)C)cc2)c1OC. The summed E-state index contributed by atoms with van der Waals surface area (Å²) in [5, 5.41) is 0. The molecule has 2 aromatic carbocycles. The van der Waals surface area contributed by atoms with E-state index < -0.39 is 10.0 Å². The van der Waals surface area contributed by atoms with Gasteiger partial charge < -0.3 is 9.47 Å². The Morgan fingerprint density at radius 1 is 0.957 bits per heavy atom. The van der Waals surface area contributed by atoms with E-state index in [1.165, 1.54) is 14.2 Å². The molecular weight excluding hydrogens is 314 g/mol. The molecule has 0 unspecified atom stereocenters. The first-order valence-corrected chi connectivity index (χ1v) is 8.71. The van der Waals surface area contributed by atoms with Crippen molar-refractivity contribution in [1.29, 1.82) is 0 Å². The smallest absolute Gasteiger partial charge is 0.262 e. The Morgan fingerprint density at radius 2 is 1.61 bits per heavy atom. The van der Waals surface area contributed by atoms with Gasteiger partial charge >= 0.3 is 0 Å².